The number of nitrogens with one attached hydrogen (secondary N) is 1. The Bertz CT molecular complexity index is 1480. The van der Waals surface area contributed by atoms with Crippen LogP contribution in [0.1, 0.15) is 12.5 Å². The lowest BCUT2D eigenvalue weighted by Gasteiger charge is -2.37. The summed E-state index contributed by atoms with van der Waals surface area (Å²) >= 11 is 0. The Hall–Kier alpha value is -4.00. The highest BCUT2D eigenvalue weighted by atomic mass is 32.2. The van der Waals surface area contributed by atoms with E-state index < -0.39 is 10.0 Å². The Morgan fingerprint density at radius 2 is 1.49 bits per heavy atom. The van der Waals surface area contributed by atoms with Crippen molar-refractivity contribution in [3.63, 3.8) is 0 Å². The van der Waals surface area contributed by atoms with E-state index in [4.69, 9.17) is 0 Å². The lowest BCUT2D eigenvalue weighted by Crippen LogP contribution is -2.49. The molecule has 12 heteroatoms. The topological polar surface area (TPSA) is 119 Å². The van der Waals surface area contributed by atoms with E-state index in [0.29, 0.717) is 50.6 Å². The van der Waals surface area contributed by atoms with Gasteiger partial charge in [0.2, 0.25) is 15.9 Å². The third-order valence-corrected chi connectivity index (χ3v) is 9.45. The molecule has 11 nitrogen and oxygen atoms in total. The minimum absolute atomic E-state index is 0.0779. The van der Waals surface area contributed by atoms with Gasteiger partial charge < -0.3 is 15.1 Å². The Kier molecular flexibility index (Phi) is 8.52. The number of nitrogens with zero attached hydrogens (tertiary/aromatic N) is 5. The molecule has 41 heavy (non-hydrogen) atoms. The molecule has 1 N–H and O–H groups in total. The first-order valence-electron chi connectivity index (χ1n) is 13.6. The fraction of sp³-hybridized carbons (Fsp3) is 0.345. The molecule has 2 aliphatic rings. The number of nitro groups is 1. The van der Waals surface area contributed by atoms with Gasteiger partial charge >= 0.3 is 0 Å². The normalized spacial score (nSPS) is 16.9. The van der Waals surface area contributed by atoms with Crippen LogP contribution in [0, 0.1) is 10.1 Å². The average Bonchev–Trinajstić information content (AvgIpc) is 2.98. The highest BCUT2D eigenvalue weighted by Crippen LogP contribution is 2.34. The number of benzene rings is 3. The lowest BCUT2D eigenvalue weighted by molar-refractivity contribution is -0.384. The molecule has 0 aliphatic carbocycles. The first kappa shape index (κ1) is 28.5. The smallest absolute Gasteiger partial charge is 0.292 e. The Morgan fingerprint density at radius 3 is 2.10 bits per heavy atom. The van der Waals surface area contributed by atoms with Crippen LogP contribution in [-0.4, -0.2) is 80.8 Å². The number of anilines is 3. The number of sulfonamides is 1. The quantitative estimate of drug-likeness (QED) is 0.319. The van der Waals surface area contributed by atoms with Crippen molar-refractivity contribution in [1.29, 1.82) is 0 Å². The van der Waals surface area contributed by atoms with Gasteiger partial charge in [0.25, 0.3) is 5.69 Å². The molecule has 3 aromatic carbocycles. The number of hydrogen-bond donors (Lipinski definition) is 1. The summed E-state index contributed by atoms with van der Waals surface area (Å²) in [6.45, 7) is 6.73. The fourth-order valence-electron chi connectivity index (χ4n) is 5.35. The van der Waals surface area contributed by atoms with Gasteiger partial charge in [0, 0.05) is 83.3 Å². The molecule has 1 amide bonds. The molecule has 5 rings (SSSR count). The van der Waals surface area contributed by atoms with Crippen molar-refractivity contribution in [2.24, 2.45) is 0 Å². The van der Waals surface area contributed by atoms with Crippen LogP contribution < -0.4 is 15.1 Å². The molecule has 2 aliphatic heterocycles. The number of piperazine rings is 2. The Morgan fingerprint density at radius 1 is 0.854 bits per heavy atom. The first-order chi connectivity index (χ1) is 19.7. The molecule has 2 fully saturated rings. The maximum Gasteiger partial charge on any atom is 0.292 e. The summed E-state index contributed by atoms with van der Waals surface area (Å²) in [4.78, 5) is 29.5. The summed E-state index contributed by atoms with van der Waals surface area (Å²) < 4.78 is 27.9. The number of nitro benzene ring substituents is 1. The van der Waals surface area contributed by atoms with Crippen molar-refractivity contribution in [2.45, 2.75) is 18.4 Å². The summed E-state index contributed by atoms with van der Waals surface area (Å²) in [6, 6.07) is 21.6. The van der Waals surface area contributed by atoms with E-state index in [1.165, 1.54) is 28.9 Å². The van der Waals surface area contributed by atoms with Crippen molar-refractivity contribution in [2.75, 3.05) is 67.5 Å². The van der Waals surface area contributed by atoms with E-state index in [9.17, 15) is 23.3 Å². The van der Waals surface area contributed by atoms with Gasteiger partial charge in [0.15, 0.2) is 0 Å². The van der Waals surface area contributed by atoms with E-state index in [1.807, 2.05) is 24.3 Å². The summed E-state index contributed by atoms with van der Waals surface area (Å²) in [7, 11) is -3.69. The Labute approximate surface area is 240 Å². The first-order valence-corrected chi connectivity index (χ1v) is 15.1. The number of amides is 1. The second-order valence-corrected chi connectivity index (χ2v) is 12.2. The van der Waals surface area contributed by atoms with Crippen LogP contribution >= 0.6 is 0 Å². The van der Waals surface area contributed by atoms with Crippen molar-refractivity contribution < 1.29 is 18.1 Å². The zero-order chi connectivity index (χ0) is 29.0. The zero-order valence-electron chi connectivity index (χ0n) is 23.0. The van der Waals surface area contributed by atoms with Crippen LogP contribution in [0.3, 0.4) is 0 Å². The Balaban J connectivity index is 1.24. The van der Waals surface area contributed by atoms with Crippen molar-refractivity contribution in [1.82, 2.24) is 9.21 Å². The third kappa shape index (κ3) is 6.67. The molecule has 2 saturated heterocycles. The van der Waals surface area contributed by atoms with Gasteiger partial charge in [-0.15, -0.1) is 0 Å². The van der Waals surface area contributed by atoms with Gasteiger partial charge in [-0.1, -0.05) is 30.3 Å². The van der Waals surface area contributed by atoms with Crippen molar-refractivity contribution in [3.05, 3.63) is 88.5 Å². The minimum atomic E-state index is -3.69. The SMILES string of the molecule is CC(=O)Nc1ccc(S(=O)(=O)N2CCN(c3ccc([N+](=O)[O-])c(N4CCN(Cc5ccccc5)CC4)c3)CC2)cc1. The maximum atomic E-state index is 13.2. The summed E-state index contributed by atoms with van der Waals surface area (Å²) in [5, 5.41) is 14.5. The third-order valence-electron chi connectivity index (χ3n) is 7.53. The van der Waals surface area contributed by atoms with Crippen LogP contribution in [0.25, 0.3) is 0 Å². The molecule has 0 saturated carbocycles. The van der Waals surface area contributed by atoms with E-state index in [1.54, 1.807) is 24.3 Å². The number of rotatable bonds is 8. The molecule has 3 aromatic rings. The standard InChI is InChI=1S/C29H34N6O5S/c1-23(36)30-25-7-10-27(11-8-25)41(39,40)34-19-17-32(18-20-34)26-9-12-28(35(37)38)29(21-26)33-15-13-31(14-16-33)22-24-5-3-2-4-6-24/h2-12,21H,13-20,22H2,1H3,(H,30,36). The molecule has 0 unspecified atom stereocenters. The van der Waals surface area contributed by atoms with E-state index in [0.717, 1.165) is 25.3 Å². The molecule has 0 bridgehead atoms. The number of hydrogen-bond acceptors (Lipinski definition) is 8. The minimum Gasteiger partial charge on any atom is -0.369 e. The molecule has 216 valence electrons. The molecule has 0 aromatic heterocycles. The fourth-order valence-corrected chi connectivity index (χ4v) is 6.78. The molecular formula is C29H34N6O5S. The summed E-state index contributed by atoms with van der Waals surface area (Å²) in [6.07, 6.45) is 0. The van der Waals surface area contributed by atoms with E-state index in [2.05, 4.69) is 32.1 Å². The van der Waals surface area contributed by atoms with Crippen molar-refractivity contribution >= 4 is 38.7 Å². The molecule has 2 heterocycles. The van der Waals surface area contributed by atoms with E-state index in [-0.39, 0.29) is 21.4 Å². The highest BCUT2D eigenvalue weighted by Gasteiger charge is 2.30. The van der Waals surface area contributed by atoms with Gasteiger partial charge in [-0.25, -0.2) is 8.42 Å². The molecule has 0 spiro atoms. The van der Waals surface area contributed by atoms with Crippen molar-refractivity contribution in [3.8, 4) is 0 Å². The van der Waals surface area contributed by atoms with Gasteiger partial charge in [0.1, 0.15) is 5.69 Å². The second kappa shape index (κ2) is 12.2. The van der Waals surface area contributed by atoms with Gasteiger partial charge in [-0.3, -0.25) is 19.8 Å². The van der Waals surface area contributed by atoms with Gasteiger partial charge in [0.05, 0.1) is 9.82 Å². The number of carbonyl (C=O) groups excluding carboxylic acids is 1. The summed E-state index contributed by atoms with van der Waals surface area (Å²) in [5.74, 6) is -0.226. The summed E-state index contributed by atoms with van der Waals surface area (Å²) in [5.41, 5.74) is 3.30. The highest BCUT2D eigenvalue weighted by molar-refractivity contribution is 7.89. The van der Waals surface area contributed by atoms with Crippen LogP contribution in [0.2, 0.25) is 0 Å². The van der Waals surface area contributed by atoms with Crippen LogP contribution in [0.4, 0.5) is 22.7 Å². The average molecular weight is 579 g/mol. The van der Waals surface area contributed by atoms with Crippen LogP contribution in [0.5, 0.6) is 0 Å². The second-order valence-electron chi connectivity index (χ2n) is 10.3. The zero-order valence-corrected chi connectivity index (χ0v) is 23.8. The monoisotopic (exact) mass is 578 g/mol. The lowest BCUT2D eigenvalue weighted by atomic mass is 10.1. The predicted molar refractivity (Wildman–Crippen MR) is 159 cm³/mol. The molecular weight excluding hydrogens is 544 g/mol. The number of carbonyl (C=O) groups is 1. The maximum absolute atomic E-state index is 13.2. The van der Waals surface area contributed by atoms with Crippen LogP contribution in [-0.2, 0) is 21.4 Å². The predicted octanol–water partition coefficient (Wildman–Crippen LogP) is 3.39. The molecule has 0 radical (unpaired) electrons. The van der Waals surface area contributed by atoms with Crippen LogP contribution in [0.15, 0.2) is 77.7 Å². The van der Waals surface area contributed by atoms with Gasteiger partial charge in [-0.2, -0.15) is 4.31 Å². The van der Waals surface area contributed by atoms with Gasteiger partial charge in [-0.05, 0) is 42.0 Å². The molecule has 0 atom stereocenters. The largest absolute Gasteiger partial charge is 0.369 e. The van der Waals surface area contributed by atoms with E-state index >= 15 is 0 Å².